The van der Waals surface area contributed by atoms with Gasteiger partial charge in [0.25, 0.3) is 11.8 Å². The van der Waals surface area contributed by atoms with Crippen molar-refractivity contribution in [3.63, 3.8) is 0 Å². The molecule has 0 heterocycles. The first-order chi connectivity index (χ1) is 17.8. The second kappa shape index (κ2) is 14.1. The third kappa shape index (κ3) is 8.80. The average Bonchev–Trinajstić information content (AvgIpc) is 2.87. The smallest absolute Gasteiger partial charge is 0.257 e. The van der Waals surface area contributed by atoms with E-state index in [4.69, 9.17) is 28.6 Å². The molecule has 0 saturated heterocycles. The first-order valence-corrected chi connectivity index (χ1v) is 13.3. The van der Waals surface area contributed by atoms with Crippen LogP contribution in [0.25, 0.3) is 0 Å². The van der Waals surface area contributed by atoms with Gasteiger partial charge in [-0.25, -0.2) is 4.39 Å². The van der Waals surface area contributed by atoms with E-state index in [9.17, 15) is 14.0 Å². The van der Waals surface area contributed by atoms with Crippen molar-refractivity contribution in [2.24, 2.45) is 0 Å². The number of ether oxygens (including phenoxy) is 1. The van der Waals surface area contributed by atoms with Gasteiger partial charge in [-0.1, -0.05) is 43.9 Å². The maximum Gasteiger partial charge on any atom is 0.257 e. The van der Waals surface area contributed by atoms with Crippen molar-refractivity contribution >= 4 is 68.1 Å². The van der Waals surface area contributed by atoms with Crippen LogP contribution in [-0.2, 0) is 0 Å². The zero-order valence-corrected chi connectivity index (χ0v) is 23.2. The third-order valence-electron chi connectivity index (χ3n) is 5.24. The van der Waals surface area contributed by atoms with Gasteiger partial charge >= 0.3 is 0 Å². The maximum absolute atomic E-state index is 13.3. The largest absolute Gasteiger partial charge is 0.492 e. The molecule has 10 heteroatoms. The van der Waals surface area contributed by atoms with Crippen molar-refractivity contribution < 1.29 is 18.7 Å². The van der Waals surface area contributed by atoms with Crippen LogP contribution in [-0.4, -0.2) is 23.5 Å². The summed E-state index contributed by atoms with van der Waals surface area (Å²) in [4.78, 5) is 25.3. The highest BCUT2D eigenvalue weighted by Crippen LogP contribution is 2.26. The highest BCUT2D eigenvalue weighted by molar-refractivity contribution is 9.10. The van der Waals surface area contributed by atoms with Crippen LogP contribution in [0.15, 0.2) is 65.1 Å². The van der Waals surface area contributed by atoms with Gasteiger partial charge in [0, 0.05) is 22.5 Å². The van der Waals surface area contributed by atoms with Gasteiger partial charge in [-0.15, -0.1) is 0 Å². The molecule has 0 saturated carbocycles. The zero-order valence-electron chi connectivity index (χ0n) is 20.1. The second-order valence-electron chi connectivity index (χ2n) is 8.13. The Morgan fingerprint density at radius 3 is 2.43 bits per heavy atom. The number of amides is 2. The summed E-state index contributed by atoms with van der Waals surface area (Å²) >= 11 is 14.5. The van der Waals surface area contributed by atoms with Crippen molar-refractivity contribution in [3.8, 4) is 5.75 Å². The van der Waals surface area contributed by atoms with Crippen LogP contribution in [0.5, 0.6) is 5.75 Å². The number of carbonyl (C=O) groups is 2. The topological polar surface area (TPSA) is 79.5 Å². The quantitative estimate of drug-likeness (QED) is 0.164. The molecular formula is C27H26BrClFN3O3S. The van der Waals surface area contributed by atoms with E-state index in [0.29, 0.717) is 39.3 Å². The molecule has 0 aliphatic heterocycles. The molecule has 2 amide bonds. The number of hydrogen-bond donors (Lipinski definition) is 3. The van der Waals surface area contributed by atoms with E-state index in [1.54, 1.807) is 42.5 Å². The van der Waals surface area contributed by atoms with E-state index < -0.39 is 17.6 Å². The van der Waals surface area contributed by atoms with Crippen molar-refractivity contribution in [2.75, 3.05) is 17.2 Å². The van der Waals surface area contributed by atoms with Gasteiger partial charge in [-0.3, -0.25) is 14.9 Å². The number of rotatable bonds is 10. The fourth-order valence-electron chi connectivity index (χ4n) is 3.32. The molecule has 0 radical (unpaired) electrons. The van der Waals surface area contributed by atoms with Gasteiger partial charge in [0.1, 0.15) is 11.6 Å². The number of thiocarbonyl (C=S) groups is 1. The van der Waals surface area contributed by atoms with E-state index in [-0.39, 0.29) is 10.1 Å². The summed E-state index contributed by atoms with van der Waals surface area (Å²) < 4.78 is 19.8. The first kappa shape index (κ1) is 28.6. The van der Waals surface area contributed by atoms with Crippen molar-refractivity contribution in [2.45, 2.75) is 32.6 Å². The summed E-state index contributed by atoms with van der Waals surface area (Å²) in [6.07, 6.45) is 4.44. The SMILES string of the molecule is CCCCCCOc1ccc(C(=O)NC(=S)Nc2cccc(C(=O)Nc3ccc(F)c(Cl)c3)c2)cc1Br. The van der Waals surface area contributed by atoms with E-state index in [0.717, 1.165) is 19.3 Å². The number of hydrogen-bond acceptors (Lipinski definition) is 4. The Morgan fingerprint density at radius 1 is 0.946 bits per heavy atom. The fourth-order valence-corrected chi connectivity index (χ4v) is 4.21. The van der Waals surface area contributed by atoms with Crippen LogP contribution in [0.3, 0.4) is 0 Å². The van der Waals surface area contributed by atoms with E-state index in [1.165, 1.54) is 24.6 Å². The maximum atomic E-state index is 13.3. The Labute approximate surface area is 234 Å². The minimum Gasteiger partial charge on any atom is -0.492 e. The molecule has 0 aliphatic rings. The summed E-state index contributed by atoms with van der Waals surface area (Å²) in [5, 5.41) is 8.16. The summed E-state index contributed by atoms with van der Waals surface area (Å²) in [5.74, 6) is -0.712. The molecule has 0 bridgehead atoms. The molecule has 3 rings (SSSR count). The number of halogens is 3. The molecule has 0 unspecified atom stereocenters. The zero-order chi connectivity index (χ0) is 26.8. The lowest BCUT2D eigenvalue weighted by atomic mass is 10.2. The summed E-state index contributed by atoms with van der Waals surface area (Å²) in [5.41, 5.74) is 1.59. The Bertz CT molecular complexity index is 1290. The minimum atomic E-state index is -0.573. The molecule has 6 nitrogen and oxygen atoms in total. The second-order valence-corrected chi connectivity index (χ2v) is 9.80. The summed E-state index contributed by atoms with van der Waals surface area (Å²) in [6.45, 7) is 2.78. The minimum absolute atomic E-state index is 0.0697. The standard InChI is InChI=1S/C27H26BrClFN3O3S/c1-2-3-4-5-13-36-24-12-9-18(15-21(24)28)26(35)33-27(37)32-19-8-6-7-17(14-19)25(34)31-20-10-11-23(30)22(29)16-20/h6-12,14-16H,2-5,13H2,1H3,(H,31,34)(H2,32,33,35,37). The van der Waals surface area contributed by atoms with Gasteiger partial charge in [-0.2, -0.15) is 0 Å². The van der Waals surface area contributed by atoms with Gasteiger partial charge < -0.3 is 15.4 Å². The van der Waals surface area contributed by atoms with Gasteiger partial charge in [-0.05, 0) is 89.2 Å². The molecule has 0 spiro atoms. The lowest BCUT2D eigenvalue weighted by Gasteiger charge is -2.12. The van der Waals surface area contributed by atoms with Crippen LogP contribution in [0.4, 0.5) is 15.8 Å². The van der Waals surface area contributed by atoms with Crippen LogP contribution in [0.1, 0.15) is 53.3 Å². The molecule has 0 aliphatic carbocycles. The first-order valence-electron chi connectivity index (χ1n) is 11.7. The number of unbranched alkanes of at least 4 members (excludes halogenated alkanes) is 3. The van der Waals surface area contributed by atoms with Gasteiger partial charge in [0.2, 0.25) is 0 Å². The Kier molecular flexibility index (Phi) is 10.9. The predicted molar refractivity (Wildman–Crippen MR) is 153 cm³/mol. The predicted octanol–water partition coefficient (Wildman–Crippen LogP) is 7.58. The van der Waals surface area contributed by atoms with E-state index in [1.807, 2.05) is 0 Å². The Morgan fingerprint density at radius 2 is 1.70 bits per heavy atom. The highest BCUT2D eigenvalue weighted by Gasteiger charge is 2.13. The third-order valence-corrected chi connectivity index (χ3v) is 6.35. The van der Waals surface area contributed by atoms with Crippen LogP contribution >= 0.6 is 39.7 Å². The monoisotopic (exact) mass is 605 g/mol. The number of benzene rings is 3. The van der Waals surface area contributed by atoms with Crippen molar-refractivity contribution in [3.05, 3.63) is 87.1 Å². The average molecular weight is 607 g/mol. The molecule has 3 N–H and O–H groups in total. The lowest BCUT2D eigenvalue weighted by Crippen LogP contribution is -2.34. The Balaban J connectivity index is 1.55. The number of anilines is 2. The van der Waals surface area contributed by atoms with Crippen LogP contribution < -0.4 is 20.7 Å². The highest BCUT2D eigenvalue weighted by atomic mass is 79.9. The van der Waals surface area contributed by atoms with Gasteiger partial charge in [0.05, 0.1) is 16.1 Å². The lowest BCUT2D eigenvalue weighted by molar-refractivity contribution is 0.0976. The van der Waals surface area contributed by atoms with E-state index >= 15 is 0 Å². The number of nitrogens with one attached hydrogen (secondary N) is 3. The molecular weight excluding hydrogens is 581 g/mol. The fraction of sp³-hybridized carbons (Fsp3) is 0.222. The normalized spacial score (nSPS) is 10.5. The van der Waals surface area contributed by atoms with Crippen LogP contribution in [0.2, 0.25) is 5.02 Å². The molecule has 0 fully saturated rings. The van der Waals surface area contributed by atoms with Crippen LogP contribution in [0, 0.1) is 5.82 Å². The summed E-state index contributed by atoms with van der Waals surface area (Å²) in [7, 11) is 0. The molecule has 37 heavy (non-hydrogen) atoms. The number of carbonyl (C=O) groups excluding carboxylic acids is 2. The van der Waals surface area contributed by atoms with Gasteiger partial charge in [0.15, 0.2) is 5.11 Å². The Hall–Kier alpha value is -3.01. The molecule has 194 valence electrons. The molecule has 0 atom stereocenters. The molecule has 3 aromatic rings. The molecule has 3 aromatic carbocycles. The van der Waals surface area contributed by atoms with E-state index in [2.05, 4.69) is 38.8 Å². The van der Waals surface area contributed by atoms with Crippen molar-refractivity contribution in [1.82, 2.24) is 5.32 Å². The molecule has 0 aromatic heterocycles. The summed E-state index contributed by atoms with van der Waals surface area (Å²) in [6, 6.07) is 15.5. The van der Waals surface area contributed by atoms with Crippen molar-refractivity contribution in [1.29, 1.82) is 0 Å².